The first-order valence-electron chi connectivity index (χ1n) is 11.5. The maximum Gasteiger partial charge on any atom is 0.410 e. The maximum absolute atomic E-state index is 12.8. The lowest BCUT2D eigenvalue weighted by Crippen LogP contribution is -2.40. The van der Waals surface area contributed by atoms with Gasteiger partial charge in [0.2, 0.25) is 0 Å². The number of benzene rings is 2. The number of carboxylic acids is 1. The van der Waals surface area contributed by atoms with E-state index in [9.17, 15) is 19.8 Å². The molecule has 0 spiro atoms. The molecule has 1 atom stereocenters. The molecule has 0 unspecified atom stereocenters. The van der Waals surface area contributed by atoms with Crippen molar-refractivity contribution in [3.8, 4) is 11.1 Å². The topological polar surface area (TPSA) is 100.0 Å². The molecule has 1 amide bonds. The number of carboxylic acid groups (broad SMARTS) is 1. The number of hydrogen-bond acceptors (Lipinski definition) is 5. The van der Waals surface area contributed by atoms with Crippen molar-refractivity contribution in [1.82, 2.24) is 9.88 Å². The molecule has 0 fully saturated rings. The molecular weight excluding hydrogens is 444 g/mol. The molecule has 0 aliphatic rings. The second-order valence-corrected chi connectivity index (χ2v) is 9.51. The number of aryl methyl sites for hydroxylation is 1. The SMILES string of the molecule is Cc1cc(C(=O)O)ccc1-c1ccc(CCN(C[C@H](O)c2cccnc2)C(=O)OC(C)(C)C)cc1. The van der Waals surface area contributed by atoms with E-state index < -0.39 is 23.8 Å². The first-order valence-corrected chi connectivity index (χ1v) is 11.5. The Kier molecular flexibility index (Phi) is 8.25. The lowest BCUT2D eigenvalue weighted by Gasteiger charge is -2.29. The van der Waals surface area contributed by atoms with Gasteiger partial charge in [0.15, 0.2) is 0 Å². The molecule has 1 aromatic heterocycles. The molecule has 0 saturated carbocycles. The largest absolute Gasteiger partial charge is 0.478 e. The van der Waals surface area contributed by atoms with Crippen molar-refractivity contribution in [2.45, 2.75) is 45.8 Å². The standard InChI is InChI=1S/C28H32N2O5/c1-19-16-22(26(32)33)11-12-24(19)21-9-7-20(8-10-21)13-15-30(27(34)35-28(2,3)4)18-25(31)23-6-5-14-29-17-23/h5-12,14,16-17,25,31H,13,15,18H2,1-4H3,(H,32,33)/t25-/m0/s1. The van der Waals surface area contributed by atoms with E-state index in [1.807, 2.05) is 58.0 Å². The van der Waals surface area contributed by atoms with Gasteiger partial charge in [-0.3, -0.25) is 4.98 Å². The van der Waals surface area contributed by atoms with Crippen LogP contribution in [-0.2, 0) is 11.2 Å². The zero-order chi connectivity index (χ0) is 25.6. The fourth-order valence-electron chi connectivity index (χ4n) is 3.71. The zero-order valence-corrected chi connectivity index (χ0v) is 20.6. The highest BCUT2D eigenvalue weighted by atomic mass is 16.6. The predicted octanol–water partition coefficient (Wildman–Crippen LogP) is 5.27. The number of carbonyl (C=O) groups is 2. The monoisotopic (exact) mass is 476 g/mol. The second kappa shape index (κ2) is 11.1. The zero-order valence-electron chi connectivity index (χ0n) is 20.6. The van der Waals surface area contributed by atoms with Crippen molar-refractivity contribution in [2.75, 3.05) is 13.1 Å². The highest BCUT2D eigenvalue weighted by molar-refractivity contribution is 5.89. The Balaban J connectivity index is 1.71. The molecule has 184 valence electrons. The summed E-state index contributed by atoms with van der Waals surface area (Å²) in [4.78, 5) is 29.6. The van der Waals surface area contributed by atoms with Crippen molar-refractivity contribution in [3.63, 3.8) is 0 Å². The number of amides is 1. The van der Waals surface area contributed by atoms with Crippen molar-refractivity contribution >= 4 is 12.1 Å². The van der Waals surface area contributed by atoms with Crippen LogP contribution >= 0.6 is 0 Å². The number of hydrogen-bond donors (Lipinski definition) is 2. The molecule has 2 aromatic carbocycles. The van der Waals surface area contributed by atoms with Crippen LogP contribution in [-0.4, -0.2) is 50.9 Å². The number of pyridine rings is 1. The van der Waals surface area contributed by atoms with Gasteiger partial charge in [-0.2, -0.15) is 0 Å². The van der Waals surface area contributed by atoms with Gasteiger partial charge in [-0.1, -0.05) is 36.4 Å². The van der Waals surface area contributed by atoms with Crippen LogP contribution in [0.5, 0.6) is 0 Å². The van der Waals surface area contributed by atoms with Gasteiger partial charge in [-0.05, 0) is 74.6 Å². The lowest BCUT2D eigenvalue weighted by molar-refractivity contribution is 0.0146. The summed E-state index contributed by atoms with van der Waals surface area (Å²) in [6.45, 7) is 7.78. The number of aromatic nitrogens is 1. The van der Waals surface area contributed by atoms with E-state index in [0.29, 0.717) is 18.5 Å². The fourth-order valence-corrected chi connectivity index (χ4v) is 3.71. The maximum atomic E-state index is 12.8. The molecule has 7 heteroatoms. The van der Waals surface area contributed by atoms with Gasteiger partial charge < -0.3 is 19.8 Å². The Labute approximate surface area is 206 Å². The van der Waals surface area contributed by atoms with Gasteiger partial charge in [0, 0.05) is 24.5 Å². The van der Waals surface area contributed by atoms with E-state index in [0.717, 1.165) is 22.3 Å². The van der Waals surface area contributed by atoms with Crippen molar-refractivity contribution in [1.29, 1.82) is 0 Å². The molecule has 1 heterocycles. The van der Waals surface area contributed by atoms with Gasteiger partial charge in [0.1, 0.15) is 5.60 Å². The number of carbonyl (C=O) groups excluding carboxylic acids is 1. The summed E-state index contributed by atoms with van der Waals surface area (Å²) in [5, 5.41) is 19.8. The Morgan fingerprint density at radius 1 is 1.09 bits per heavy atom. The van der Waals surface area contributed by atoms with E-state index in [1.54, 1.807) is 36.7 Å². The summed E-state index contributed by atoms with van der Waals surface area (Å²) in [6, 6.07) is 16.6. The van der Waals surface area contributed by atoms with E-state index in [4.69, 9.17) is 4.74 Å². The Hall–Kier alpha value is -3.71. The molecular formula is C28H32N2O5. The second-order valence-electron chi connectivity index (χ2n) is 9.51. The smallest absolute Gasteiger partial charge is 0.410 e. The Morgan fingerprint density at radius 3 is 2.37 bits per heavy atom. The summed E-state index contributed by atoms with van der Waals surface area (Å²) in [6.07, 6.45) is 2.44. The van der Waals surface area contributed by atoms with Crippen LogP contribution in [0.3, 0.4) is 0 Å². The van der Waals surface area contributed by atoms with Crippen LogP contribution in [0.15, 0.2) is 67.0 Å². The summed E-state index contributed by atoms with van der Waals surface area (Å²) < 4.78 is 5.56. The highest BCUT2D eigenvalue weighted by Crippen LogP contribution is 2.25. The average Bonchev–Trinajstić information content (AvgIpc) is 2.81. The minimum atomic E-state index is -0.946. The van der Waals surface area contributed by atoms with Crippen LogP contribution in [0, 0.1) is 6.92 Å². The number of nitrogens with zero attached hydrogens (tertiary/aromatic N) is 2. The van der Waals surface area contributed by atoms with Crippen LogP contribution in [0.1, 0.15) is 53.9 Å². The van der Waals surface area contributed by atoms with Crippen LogP contribution in [0.2, 0.25) is 0 Å². The lowest BCUT2D eigenvalue weighted by atomic mass is 9.97. The molecule has 0 aliphatic carbocycles. The van der Waals surface area contributed by atoms with Crippen LogP contribution in [0.25, 0.3) is 11.1 Å². The third kappa shape index (κ3) is 7.39. The van der Waals surface area contributed by atoms with Gasteiger partial charge in [0.05, 0.1) is 18.2 Å². The van der Waals surface area contributed by atoms with Gasteiger partial charge >= 0.3 is 12.1 Å². The van der Waals surface area contributed by atoms with Gasteiger partial charge in [-0.25, -0.2) is 9.59 Å². The molecule has 0 bridgehead atoms. The molecule has 2 N–H and O–H groups in total. The summed E-state index contributed by atoms with van der Waals surface area (Å²) >= 11 is 0. The number of aliphatic hydroxyl groups is 1. The van der Waals surface area contributed by atoms with Crippen LogP contribution in [0.4, 0.5) is 4.79 Å². The average molecular weight is 477 g/mol. The van der Waals surface area contributed by atoms with E-state index >= 15 is 0 Å². The summed E-state index contributed by atoms with van der Waals surface area (Å²) in [7, 11) is 0. The first-order chi connectivity index (χ1) is 16.5. The van der Waals surface area contributed by atoms with E-state index in [-0.39, 0.29) is 12.1 Å². The summed E-state index contributed by atoms with van der Waals surface area (Å²) in [5.74, 6) is -0.946. The van der Waals surface area contributed by atoms with Gasteiger partial charge in [0.25, 0.3) is 0 Å². The van der Waals surface area contributed by atoms with E-state index in [2.05, 4.69) is 4.98 Å². The minimum Gasteiger partial charge on any atom is -0.478 e. The quantitative estimate of drug-likeness (QED) is 0.460. The van der Waals surface area contributed by atoms with Crippen molar-refractivity contribution in [2.24, 2.45) is 0 Å². The predicted molar refractivity (Wildman–Crippen MR) is 134 cm³/mol. The van der Waals surface area contributed by atoms with Crippen LogP contribution < -0.4 is 0 Å². The molecule has 0 radical (unpaired) electrons. The third-order valence-corrected chi connectivity index (χ3v) is 5.52. The van der Waals surface area contributed by atoms with Crippen molar-refractivity contribution < 1.29 is 24.5 Å². The molecule has 35 heavy (non-hydrogen) atoms. The molecule has 0 aliphatic heterocycles. The highest BCUT2D eigenvalue weighted by Gasteiger charge is 2.24. The van der Waals surface area contributed by atoms with Gasteiger partial charge in [-0.15, -0.1) is 0 Å². The Bertz CT molecular complexity index is 1150. The Morgan fingerprint density at radius 2 is 1.80 bits per heavy atom. The number of rotatable bonds is 8. The number of aliphatic hydroxyl groups excluding tert-OH is 1. The van der Waals surface area contributed by atoms with E-state index in [1.165, 1.54) is 4.90 Å². The molecule has 7 nitrogen and oxygen atoms in total. The number of ether oxygens (including phenoxy) is 1. The molecule has 3 rings (SSSR count). The number of aromatic carboxylic acids is 1. The fraction of sp³-hybridized carbons (Fsp3) is 0.321. The normalized spacial score (nSPS) is 12.1. The van der Waals surface area contributed by atoms with Crippen molar-refractivity contribution in [3.05, 3.63) is 89.2 Å². The summed E-state index contributed by atoms with van der Waals surface area (Å²) in [5.41, 5.74) is 4.12. The molecule has 3 aromatic rings. The molecule has 0 saturated heterocycles. The first kappa shape index (κ1) is 25.9. The third-order valence-electron chi connectivity index (χ3n) is 5.52. The minimum absolute atomic E-state index is 0.0911.